The van der Waals surface area contributed by atoms with E-state index in [9.17, 15) is 5.11 Å². The van der Waals surface area contributed by atoms with Gasteiger partial charge in [-0.3, -0.25) is 4.57 Å². The third-order valence-electron chi connectivity index (χ3n) is 3.73. The summed E-state index contributed by atoms with van der Waals surface area (Å²) >= 11 is 0. The molecule has 0 aliphatic heterocycles. The van der Waals surface area contributed by atoms with Crippen LogP contribution in [-0.2, 0) is 9.57 Å². The number of allylic oxidation sites excluding steroid dienone is 3. The van der Waals surface area contributed by atoms with E-state index in [0.29, 0.717) is 6.42 Å². The molecule has 0 saturated heterocycles. The Bertz CT molecular complexity index is 610. The fraction of sp³-hybridized carbons (Fsp3) is 0.529. The molecule has 0 radical (unpaired) electrons. The van der Waals surface area contributed by atoms with Gasteiger partial charge in [0.2, 0.25) is 6.23 Å². The number of hydrogen-bond acceptors (Lipinski definition) is 5. The van der Waals surface area contributed by atoms with Crippen LogP contribution in [0, 0.1) is 5.41 Å². The van der Waals surface area contributed by atoms with E-state index in [1.807, 2.05) is 39.8 Å². The first kappa shape index (κ1) is 17.3. The summed E-state index contributed by atoms with van der Waals surface area (Å²) in [6.45, 7) is 7.92. The van der Waals surface area contributed by atoms with E-state index >= 15 is 0 Å². The van der Waals surface area contributed by atoms with E-state index in [-0.39, 0.29) is 5.41 Å². The molecule has 23 heavy (non-hydrogen) atoms. The van der Waals surface area contributed by atoms with Crippen molar-refractivity contribution in [2.75, 3.05) is 7.11 Å². The first-order valence-electron chi connectivity index (χ1n) is 7.63. The predicted molar refractivity (Wildman–Crippen MR) is 88.7 cm³/mol. The molecule has 1 aliphatic carbocycles. The molecule has 0 fully saturated rings. The molecule has 2 unspecified atom stereocenters. The third-order valence-corrected chi connectivity index (χ3v) is 3.73. The van der Waals surface area contributed by atoms with Gasteiger partial charge in [-0.1, -0.05) is 25.9 Å². The van der Waals surface area contributed by atoms with Crippen LogP contribution < -0.4 is 0 Å². The zero-order chi connectivity index (χ0) is 17.0. The van der Waals surface area contributed by atoms with Crippen molar-refractivity contribution in [3.8, 4) is 0 Å². The van der Waals surface area contributed by atoms with Crippen LogP contribution in [0.4, 0.5) is 0 Å². The second-order valence-electron chi connectivity index (χ2n) is 6.75. The summed E-state index contributed by atoms with van der Waals surface area (Å²) in [7, 11) is 1.53. The van der Waals surface area contributed by atoms with Gasteiger partial charge in [0.1, 0.15) is 19.0 Å². The highest BCUT2D eigenvalue weighted by atomic mass is 16.6. The standard InChI is InChI=1S/C17H25N3O3/c1-12-10-13(19-22-5)6-7-14(12)23-16(15(21)17(2,3)4)20-9-8-18-11-20/h6-9,11,15-16,21H,10H2,1-5H3. The molecule has 0 aromatic carbocycles. The molecule has 6 nitrogen and oxygen atoms in total. The molecule has 1 N–H and O–H groups in total. The normalized spacial score (nSPS) is 19.8. The lowest BCUT2D eigenvalue weighted by atomic mass is 9.88. The van der Waals surface area contributed by atoms with Crippen LogP contribution in [0.3, 0.4) is 0 Å². The van der Waals surface area contributed by atoms with Crippen molar-refractivity contribution in [1.29, 1.82) is 0 Å². The van der Waals surface area contributed by atoms with Crippen LogP contribution in [0.15, 0.2) is 47.4 Å². The number of aliphatic hydroxyl groups excluding tert-OH is 1. The topological polar surface area (TPSA) is 68.9 Å². The highest BCUT2D eigenvalue weighted by Gasteiger charge is 2.34. The van der Waals surface area contributed by atoms with Gasteiger partial charge in [0.15, 0.2) is 0 Å². The molecule has 0 spiro atoms. The highest BCUT2D eigenvalue weighted by Crippen LogP contribution is 2.32. The van der Waals surface area contributed by atoms with Gasteiger partial charge in [0.25, 0.3) is 0 Å². The van der Waals surface area contributed by atoms with E-state index in [1.54, 1.807) is 23.3 Å². The lowest BCUT2D eigenvalue weighted by Gasteiger charge is -2.34. The molecule has 6 heteroatoms. The Morgan fingerprint density at radius 3 is 2.61 bits per heavy atom. The molecule has 1 aromatic rings. The van der Waals surface area contributed by atoms with Crippen LogP contribution in [0.25, 0.3) is 0 Å². The lowest BCUT2D eigenvalue weighted by Crippen LogP contribution is -2.36. The first-order valence-corrected chi connectivity index (χ1v) is 7.63. The molecule has 0 saturated carbocycles. The maximum absolute atomic E-state index is 10.7. The average molecular weight is 319 g/mol. The summed E-state index contributed by atoms with van der Waals surface area (Å²) < 4.78 is 7.91. The number of oxime groups is 1. The van der Waals surface area contributed by atoms with E-state index in [2.05, 4.69) is 10.1 Å². The largest absolute Gasteiger partial charge is 0.467 e. The minimum absolute atomic E-state index is 0.329. The minimum atomic E-state index is -0.695. The maximum atomic E-state index is 10.7. The zero-order valence-corrected chi connectivity index (χ0v) is 14.4. The van der Waals surface area contributed by atoms with Gasteiger partial charge < -0.3 is 14.7 Å². The highest BCUT2D eigenvalue weighted by molar-refractivity contribution is 5.97. The number of aliphatic hydroxyl groups is 1. The zero-order valence-electron chi connectivity index (χ0n) is 14.4. The van der Waals surface area contributed by atoms with Gasteiger partial charge in [-0.15, -0.1) is 0 Å². The van der Waals surface area contributed by atoms with Gasteiger partial charge in [0, 0.05) is 18.8 Å². The molecule has 2 atom stereocenters. The van der Waals surface area contributed by atoms with Gasteiger partial charge in [-0.25, -0.2) is 4.98 Å². The molecule has 0 amide bonds. The quantitative estimate of drug-likeness (QED) is 0.847. The Balaban J connectivity index is 2.24. The Morgan fingerprint density at radius 1 is 1.35 bits per heavy atom. The third kappa shape index (κ3) is 4.22. The summed E-state index contributed by atoms with van der Waals surface area (Å²) in [5.41, 5.74) is 1.55. The van der Waals surface area contributed by atoms with E-state index in [0.717, 1.165) is 17.0 Å². The summed E-state index contributed by atoms with van der Waals surface area (Å²) in [6, 6.07) is 0. The van der Waals surface area contributed by atoms with E-state index in [4.69, 9.17) is 9.57 Å². The molecule has 1 aliphatic rings. The summed E-state index contributed by atoms with van der Waals surface area (Å²) in [4.78, 5) is 8.87. The summed E-state index contributed by atoms with van der Waals surface area (Å²) in [5, 5.41) is 14.7. The molecule has 0 bridgehead atoms. The first-order chi connectivity index (χ1) is 10.8. The van der Waals surface area contributed by atoms with Crippen molar-refractivity contribution in [2.45, 2.75) is 46.4 Å². The van der Waals surface area contributed by atoms with Gasteiger partial charge >= 0.3 is 0 Å². The maximum Gasteiger partial charge on any atom is 0.203 e. The van der Waals surface area contributed by atoms with Crippen molar-refractivity contribution < 1.29 is 14.7 Å². The van der Waals surface area contributed by atoms with Crippen LogP contribution in [0.1, 0.15) is 40.3 Å². The smallest absolute Gasteiger partial charge is 0.203 e. The Labute approximate surface area is 137 Å². The Hall–Kier alpha value is -2.08. The van der Waals surface area contributed by atoms with Gasteiger partial charge in [-0.05, 0) is 30.1 Å². The molecule has 1 aromatic heterocycles. The second kappa shape index (κ2) is 7.00. The van der Waals surface area contributed by atoms with Crippen molar-refractivity contribution >= 4 is 5.71 Å². The van der Waals surface area contributed by atoms with Crippen LogP contribution in [0.2, 0.25) is 0 Å². The van der Waals surface area contributed by atoms with E-state index < -0.39 is 12.3 Å². The number of rotatable bonds is 5. The summed E-state index contributed by atoms with van der Waals surface area (Å²) in [6.07, 6.45) is 8.25. The van der Waals surface area contributed by atoms with Crippen molar-refractivity contribution in [3.63, 3.8) is 0 Å². The van der Waals surface area contributed by atoms with E-state index in [1.165, 1.54) is 7.11 Å². The van der Waals surface area contributed by atoms with Crippen LogP contribution in [-0.4, -0.2) is 33.6 Å². The fourth-order valence-electron chi connectivity index (χ4n) is 2.32. The SMILES string of the molecule is CON=C1C=CC(OC(C(O)C(C)(C)C)n2ccnc2)=C(C)C1. The summed E-state index contributed by atoms with van der Waals surface area (Å²) in [5.74, 6) is 0.738. The second-order valence-corrected chi connectivity index (χ2v) is 6.75. The monoisotopic (exact) mass is 319 g/mol. The fourth-order valence-corrected chi connectivity index (χ4v) is 2.32. The molecule has 1 heterocycles. The average Bonchev–Trinajstić information content (AvgIpc) is 2.99. The Morgan fingerprint density at radius 2 is 2.09 bits per heavy atom. The molecular formula is C17H25N3O3. The number of hydrogen-bond donors (Lipinski definition) is 1. The molecular weight excluding hydrogens is 294 g/mol. The Kier molecular flexibility index (Phi) is 5.26. The number of aromatic nitrogens is 2. The van der Waals surface area contributed by atoms with Crippen molar-refractivity contribution in [2.24, 2.45) is 10.6 Å². The van der Waals surface area contributed by atoms with Crippen LogP contribution >= 0.6 is 0 Å². The van der Waals surface area contributed by atoms with Crippen LogP contribution in [0.5, 0.6) is 0 Å². The number of imidazole rings is 1. The predicted octanol–water partition coefficient (Wildman–Crippen LogP) is 3.04. The number of nitrogens with zero attached hydrogens (tertiary/aromatic N) is 3. The van der Waals surface area contributed by atoms with Gasteiger partial charge in [-0.2, -0.15) is 0 Å². The molecule has 126 valence electrons. The lowest BCUT2D eigenvalue weighted by molar-refractivity contribution is -0.0948. The van der Waals surface area contributed by atoms with Crippen molar-refractivity contribution in [1.82, 2.24) is 9.55 Å². The van der Waals surface area contributed by atoms with Crippen molar-refractivity contribution in [3.05, 3.63) is 42.2 Å². The minimum Gasteiger partial charge on any atom is -0.467 e. The number of ether oxygens (including phenoxy) is 1. The molecule has 2 rings (SSSR count). The van der Waals surface area contributed by atoms with Gasteiger partial charge in [0.05, 0.1) is 12.0 Å².